The molecule has 0 atom stereocenters. The summed E-state index contributed by atoms with van der Waals surface area (Å²) in [6.07, 6.45) is 4.16. The van der Waals surface area contributed by atoms with E-state index in [-0.39, 0.29) is 48.0 Å². The molecular formula is C13H16I2N2S2. The first-order valence-electron chi connectivity index (χ1n) is 5.42. The number of thioether (sulfide) groups is 2. The minimum atomic E-state index is 0. The van der Waals surface area contributed by atoms with Gasteiger partial charge in [-0.1, -0.05) is 0 Å². The number of nitrogens with zero attached hydrogens (tertiary/aromatic N) is 2. The highest BCUT2D eigenvalue weighted by atomic mass is 127. The maximum absolute atomic E-state index is 2.15. The highest BCUT2D eigenvalue weighted by Gasteiger charge is 2.09. The topological polar surface area (TPSA) is 7.76 Å². The molecule has 2 nitrogen and oxygen atoms in total. The van der Waals surface area contributed by atoms with Gasteiger partial charge in [-0.2, -0.15) is 9.13 Å². The van der Waals surface area contributed by atoms with Crippen molar-refractivity contribution in [2.75, 3.05) is 5.08 Å². The van der Waals surface area contributed by atoms with Gasteiger partial charge in [0.2, 0.25) is 10.1 Å². The van der Waals surface area contributed by atoms with Crippen LogP contribution >= 0.6 is 23.5 Å². The number of halogens is 2. The van der Waals surface area contributed by atoms with E-state index in [4.69, 9.17) is 0 Å². The highest BCUT2D eigenvalue weighted by Crippen LogP contribution is 2.23. The van der Waals surface area contributed by atoms with Gasteiger partial charge >= 0.3 is 0 Å². The predicted octanol–water partition coefficient (Wildman–Crippen LogP) is -3.81. The Labute approximate surface area is 157 Å². The molecule has 2 heterocycles. The second-order valence-corrected chi connectivity index (χ2v) is 6.06. The summed E-state index contributed by atoms with van der Waals surface area (Å²) in [5, 5.41) is 3.60. The minimum Gasteiger partial charge on any atom is -1.00 e. The molecule has 2 rings (SSSR count). The molecule has 2 aromatic heterocycles. The molecule has 0 aliphatic heterocycles. The third-order valence-electron chi connectivity index (χ3n) is 2.43. The van der Waals surface area contributed by atoms with Crippen LogP contribution in [-0.2, 0) is 14.1 Å². The maximum Gasteiger partial charge on any atom is 0.240 e. The summed E-state index contributed by atoms with van der Waals surface area (Å²) in [6.45, 7) is 0. The molecule has 19 heavy (non-hydrogen) atoms. The Hall–Kier alpha value is 0.460. The van der Waals surface area contributed by atoms with Crippen molar-refractivity contribution >= 4 is 23.5 Å². The molecule has 0 unspecified atom stereocenters. The first-order chi connectivity index (χ1) is 8.27. The Balaban J connectivity index is 0.00000162. The van der Waals surface area contributed by atoms with Crippen LogP contribution in [0.5, 0.6) is 0 Å². The molecule has 0 spiro atoms. The van der Waals surface area contributed by atoms with Crippen molar-refractivity contribution in [3.05, 3.63) is 48.8 Å². The Morgan fingerprint density at radius 3 is 1.58 bits per heavy atom. The predicted molar refractivity (Wildman–Crippen MR) is 71.8 cm³/mol. The Bertz CT molecular complexity index is 464. The molecule has 0 aliphatic rings. The lowest BCUT2D eigenvalue weighted by Gasteiger charge is -1.99. The summed E-state index contributed by atoms with van der Waals surface area (Å²) in [6, 6.07) is 12.6. The molecule has 2 aromatic rings. The normalized spacial score (nSPS) is 9.37. The monoisotopic (exact) mass is 518 g/mol. The first-order valence-corrected chi connectivity index (χ1v) is 7.39. The zero-order chi connectivity index (χ0) is 12.1. The van der Waals surface area contributed by atoms with Crippen molar-refractivity contribution in [1.82, 2.24) is 0 Å². The third-order valence-corrected chi connectivity index (χ3v) is 4.81. The quantitative estimate of drug-likeness (QED) is 0.178. The molecule has 0 aliphatic carbocycles. The van der Waals surface area contributed by atoms with Gasteiger partial charge in [0.25, 0.3) is 0 Å². The fourth-order valence-corrected chi connectivity index (χ4v) is 3.55. The van der Waals surface area contributed by atoms with E-state index in [0.29, 0.717) is 0 Å². The molecule has 0 saturated heterocycles. The van der Waals surface area contributed by atoms with Crippen molar-refractivity contribution < 1.29 is 57.1 Å². The second kappa shape index (κ2) is 10.2. The van der Waals surface area contributed by atoms with Gasteiger partial charge in [-0.25, -0.2) is 0 Å². The molecule has 6 heteroatoms. The molecule has 0 fully saturated rings. The van der Waals surface area contributed by atoms with Crippen molar-refractivity contribution in [1.29, 1.82) is 0 Å². The van der Waals surface area contributed by atoms with E-state index in [1.165, 1.54) is 10.1 Å². The van der Waals surface area contributed by atoms with E-state index < -0.39 is 0 Å². The lowest BCUT2D eigenvalue weighted by molar-refractivity contribution is -0.709. The lowest BCUT2D eigenvalue weighted by atomic mass is 10.5. The van der Waals surface area contributed by atoms with E-state index in [9.17, 15) is 0 Å². The van der Waals surface area contributed by atoms with Crippen molar-refractivity contribution in [3.8, 4) is 0 Å². The van der Waals surface area contributed by atoms with E-state index in [0.717, 1.165) is 5.08 Å². The summed E-state index contributed by atoms with van der Waals surface area (Å²) < 4.78 is 4.30. The Morgan fingerprint density at radius 2 is 1.21 bits per heavy atom. The smallest absolute Gasteiger partial charge is 0.240 e. The van der Waals surface area contributed by atoms with Gasteiger partial charge < -0.3 is 48.0 Å². The van der Waals surface area contributed by atoms with Crippen LogP contribution in [0.15, 0.2) is 58.8 Å². The number of hydrogen-bond acceptors (Lipinski definition) is 2. The van der Waals surface area contributed by atoms with Crippen LogP contribution < -0.4 is 57.1 Å². The maximum atomic E-state index is 2.15. The zero-order valence-electron chi connectivity index (χ0n) is 10.8. The number of rotatable bonds is 4. The molecule has 0 amide bonds. The fourth-order valence-electron chi connectivity index (χ4n) is 1.47. The summed E-state index contributed by atoms with van der Waals surface area (Å²) in [5.41, 5.74) is 0. The number of pyridine rings is 2. The molecule has 104 valence electrons. The zero-order valence-corrected chi connectivity index (χ0v) is 16.7. The van der Waals surface area contributed by atoms with Gasteiger partial charge in [-0.3, -0.25) is 0 Å². The van der Waals surface area contributed by atoms with Gasteiger partial charge in [0.1, 0.15) is 14.1 Å². The summed E-state index contributed by atoms with van der Waals surface area (Å²) >= 11 is 3.73. The number of aryl methyl sites for hydroxylation is 2. The first kappa shape index (κ1) is 19.5. The van der Waals surface area contributed by atoms with Gasteiger partial charge in [-0.15, -0.1) is 0 Å². The average Bonchev–Trinajstić information content (AvgIpc) is 2.34. The van der Waals surface area contributed by atoms with Crippen LogP contribution in [0.2, 0.25) is 0 Å². The Morgan fingerprint density at radius 1 is 0.789 bits per heavy atom. The van der Waals surface area contributed by atoms with Crippen molar-refractivity contribution in [2.45, 2.75) is 10.1 Å². The van der Waals surface area contributed by atoms with E-state index in [1.54, 1.807) is 0 Å². The van der Waals surface area contributed by atoms with Crippen LogP contribution in [0, 0.1) is 0 Å². The van der Waals surface area contributed by atoms with Crippen LogP contribution in [0.4, 0.5) is 0 Å². The second-order valence-electron chi connectivity index (χ2n) is 3.71. The summed E-state index contributed by atoms with van der Waals surface area (Å²) in [4.78, 5) is 0. The van der Waals surface area contributed by atoms with E-state index in [1.807, 2.05) is 35.7 Å². The molecule has 0 radical (unpaired) electrons. The third kappa shape index (κ3) is 6.17. The minimum absolute atomic E-state index is 0. The fraction of sp³-hybridized carbons (Fsp3) is 0.231. The van der Waals surface area contributed by atoms with Crippen LogP contribution in [0.1, 0.15) is 0 Å². The SMILES string of the molecule is C[n+]1ccccc1SCSc1cccc[n+]1C.[I-].[I-]. The molecule has 0 saturated carbocycles. The standard InChI is InChI=1S/C13H16N2S2.2HI/c1-14-9-5-3-7-12(14)16-11-17-13-8-4-6-10-15(13)2;;/h3-10H,11H2,1-2H3;2*1H/q+2;;/p-2. The van der Waals surface area contributed by atoms with Gasteiger partial charge in [0, 0.05) is 24.3 Å². The van der Waals surface area contributed by atoms with Crippen molar-refractivity contribution in [2.24, 2.45) is 14.1 Å². The van der Waals surface area contributed by atoms with E-state index in [2.05, 4.69) is 59.9 Å². The molecule has 0 bridgehead atoms. The Kier molecular flexibility index (Phi) is 10.5. The van der Waals surface area contributed by atoms with Gasteiger partial charge in [0.15, 0.2) is 12.4 Å². The van der Waals surface area contributed by atoms with E-state index >= 15 is 0 Å². The molecular weight excluding hydrogens is 502 g/mol. The molecule has 0 N–H and O–H groups in total. The molecule has 0 aromatic carbocycles. The van der Waals surface area contributed by atoms with Gasteiger partial charge in [-0.05, 0) is 35.7 Å². The lowest BCUT2D eigenvalue weighted by Crippen LogP contribution is -3.00. The van der Waals surface area contributed by atoms with Crippen LogP contribution in [0.3, 0.4) is 0 Å². The number of hydrogen-bond donors (Lipinski definition) is 0. The van der Waals surface area contributed by atoms with Crippen LogP contribution in [-0.4, -0.2) is 5.08 Å². The highest BCUT2D eigenvalue weighted by molar-refractivity contribution is 8.15. The van der Waals surface area contributed by atoms with Crippen LogP contribution in [0.25, 0.3) is 0 Å². The largest absolute Gasteiger partial charge is 1.00 e. The average molecular weight is 518 g/mol. The number of aromatic nitrogens is 2. The summed E-state index contributed by atoms with van der Waals surface area (Å²) in [7, 11) is 4.16. The summed E-state index contributed by atoms with van der Waals surface area (Å²) in [5.74, 6) is 0. The van der Waals surface area contributed by atoms with Gasteiger partial charge in [0.05, 0.1) is 5.08 Å². The van der Waals surface area contributed by atoms with Crippen molar-refractivity contribution in [3.63, 3.8) is 0 Å².